The van der Waals surface area contributed by atoms with Crippen LogP contribution in [0.15, 0.2) is 0 Å². The lowest BCUT2D eigenvalue weighted by molar-refractivity contribution is -0.123. The van der Waals surface area contributed by atoms with E-state index in [1.807, 2.05) is 18.8 Å². The highest BCUT2D eigenvalue weighted by atomic mass is 32.2. The lowest BCUT2D eigenvalue weighted by atomic mass is 9.79. The summed E-state index contributed by atoms with van der Waals surface area (Å²) in [6, 6.07) is 0.392. The lowest BCUT2D eigenvalue weighted by Crippen LogP contribution is -2.51. The molecule has 2 fully saturated rings. The van der Waals surface area contributed by atoms with Crippen molar-refractivity contribution in [3.63, 3.8) is 0 Å². The Balaban J connectivity index is 1.87. The quantitative estimate of drug-likeness (QED) is 0.819. The molecular weight excluding hydrogens is 268 g/mol. The second kappa shape index (κ2) is 7.69. The summed E-state index contributed by atoms with van der Waals surface area (Å²) in [5.41, 5.74) is 0.0614. The Morgan fingerprint density at radius 1 is 1.15 bits per heavy atom. The van der Waals surface area contributed by atoms with Crippen molar-refractivity contribution in [3.8, 4) is 0 Å². The Labute approximate surface area is 128 Å². The van der Waals surface area contributed by atoms with Gasteiger partial charge in [0.1, 0.15) is 0 Å². The first-order chi connectivity index (χ1) is 9.69. The van der Waals surface area contributed by atoms with E-state index in [0.29, 0.717) is 17.7 Å². The Morgan fingerprint density at radius 3 is 2.50 bits per heavy atom. The van der Waals surface area contributed by atoms with Gasteiger partial charge in [-0.05, 0) is 39.0 Å². The Morgan fingerprint density at radius 2 is 1.85 bits per heavy atom. The van der Waals surface area contributed by atoms with E-state index in [-0.39, 0.29) is 11.4 Å². The van der Waals surface area contributed by atoms with Gasteiger partial charge in [-0.25, -0.2) is 0 Å². The van der Waals surface area contributed by atoms with Gasteiger partial charge in [-0.1, -0.05) is 32.1 Å². The third-order valence-electron chi connectivity index (χ3n) is 5.19. The minimum atomic E-state index is 0.0614. The van der Waals surface area contributed by atoms with Crippen molar-refractivity contribution in [2.45, 2.75) is 81.0 Å². The van der Waals surface area contributed by atoms with Gasteiger partial charge in [-0.15, -0.1) is 0 Å². The van der Waals surface area contributed by atoms with Crippen molar-refractivity contribution in [2.24, 2.45) is 0 Å². The van der Waals surface area contributed by atoms with E-state index in [1.165, 1.54) is 38.5 Å². The van der Waals surface area contributed by atoms with Gasteiger partial charge in [0.2, 0.25) is 5.91 Å². The molecule has 0 aromatic carbocycles. The van der Waals surface area contributed by atoms with Crippen molar-refractivity contribution in [2.75, 3.05) is 13.3 Å². The first kappa shape index (κ1) is 16.2. The smallest absolute Gasteiger partial charge is 0.222 e. The van der Waals surface area contributed by atoms with Gasteiger partial charge in [0.25, 0.3) is 0 Å². The summed E-state index contributed by atoms with van der Waals surface area (Å²) in [6.45, 7) is 0. The molecular formula is C16H30N2OS. The average molecular weight is 298 g/mol. The largest absolute Gasteiger partial charge is 0.352 e. The van der Waals surface area contributed by atoms with E-state index >= 15 is 0 Å². The van der Waals surface area contributed by atoms with Crippen molar-refractivity contribution in [1.82, 2.24) is 10.6 Å². The normalized spacial score (nSPS) is 29.9. The third kappa shape index (κ3) is 4.14. The fraction of sp³-hybridized carbons (Fsp3) is 0.938. The van der Waals surface area contributed by atoms with Crippen molar-refractivity contribution in [1.29, 1.82) is 0 Å². The highest BCUT2D eigenvalue weighted by Crippen LogP contribution is 2.31. The first-order valence-electron chi connectivity index (χ1n) is 8.20. The van der Waals surface area contributed by atoms with E-state index < -0.39 is 0 Å². The highest BCUT2D eigenvalue weighted by Gasteiger charge is 2.34. The number of amides is 1. The Kier molecular flexibility index (Phi) is 6.21. The standard InChI is InChI=1S/C16H30N2OS/c1-17-16(10-6-3-7-11-16)12-15(19)18-13-8-4-5-9-14(13)20-2/h13-14,17H,3-12H2,1-2H3,(H,18,19). The number of thioether (sulfide) groups is 1. The van der Waals surface area contributed by atoms with Crippen LogP contribution in [0.2, 0.25) is 0 Å². The second-order valence-corrected chi connectivity index (χ2v) is 7.58. The van der Waals surface area contributed by atoms with Gasteiger partial charge >= 0.3 is 0 Å². The SMILES string of the molecule is CNC1(CC(=O)NC2CCCCC2SC)CCCCC1. The van der Waals surface area contributed by atoms with Crippen LogP contribution in [-0.4, -0.2) is 36.0 Å². The molecule has 2 N–H and O–H groups in total. The maximum atomic E-state index is 12.4. The summed E-state index contributed by atoms with van der Waals surface area (Å²) >= 11 is 1.92. The summed E-state index contributed by atoms with van der Waals surface area (Å²) < 4.78 is 0. The third-order valence-corrected chi connectivity index (χ3v) is 6.36. The van der Waals surface area contributed by atoms with Crippen molar-refractivity contribution < 1.29 is 4.79 Å². The fourth-order valence-electron chi connectivity index (χ4n) is 3.85. The molecule has 20 heavy (non-hydrogen) atoms. The molecule has 0 aromatic heterocycles. The van der Waals surface area contributed by atoms with Crippen LogP contribution in [0.3, 0.4) is 0 Å². The number of hydrogen-bond acceptors (Lipinski definition) is 3. The zero-order chi connectivity index (χ0) is 14.4. The minimum absolute atomic E-state index is 0.0614. The number of carbonyl (C=O) groups is 1. The summed E-state index contributed by atoms with van der Waals surface area (Å²) in [7, 11) is 2.02. The molecule has 2 saturated carbocycles. The van der Waals surface area contributed by atoms with Crippen molar-refractivity contribution >= 4 is 17.7 Å². The number of rotatable bonds is 5. The molecule has 0 bridgehead atoms. The molecule has 116 valence electrons. The number of hydrogen-bond donors (Lipinski definition) is 2. The number of nitrogens with one attached hydrogen (secondary N) is 2. The molecule has 4 heteroatoms. The number of carbonyl (C=O) groups excluding carboxylic acids is 1. The van der Waals surface area contributed by atoms with Gasteiger partial charge in [0, 0.05) is 23.3 Å². The molecule has 2 rings (SSSR count). The average Bonchev–Trinajstić information content (AvgIpc) is 2.48. The van der Waals surface area contributed by atoms with E-state index in [9.17, 15) is 4.79 Å². The first-order valence-corrected chi connectivity index (χ1v) is 9.49. The molecule has 2 atom stereocenters. The lowest BCUT2D eigenvalue weighted by Gasteiger charge is -2.38. The molecule has 2 unspecified atom stereocenters. The van der Waals surface area contributed by atoms with Crippen LogP contribution >= 0.6 is 11.8 Å². The van der Waals surface area contributed by atoms with E-state index in [4.69, 9.17) is 0 Å². The summed E-state index contributed by atoms with van der Waals surface area (Å²) in [5.74, 6) is 0.257. The van der Waals surface area contributed by atoms with Gasteiger partial charge in [0.05, 0.1) is 0 Å². The molecule has 0 heterocycles. The molecule has 0 aromatic rings. The topological polar surface area (TPSA) is 41.1 Å². The van der Waals surface area contributed by atoms with Crippen LogP contribution in [0.5, 0.6) is 0 Å². The molecule has 0 saturated heterocycles. The van der Waals surface area contributed by atoms with Gasteiger partial charge in [0.15, 0.2) is 0 Å². The van der Waals surface area contributed by atoms with E-state index in [2.05, 4.69) is 16.9 Å². The van der Waals surface area contributed by atoms with Crippen LogP contribution in [-0.2, 0) is 4.79 Å². The van der Waals surface area contributed by atoms with Crippen LogP contribution in [0, 0.1) is 0 Å². The van der Waals surface area contributed by atoms with E-state index in [0.717, 1.165) is 19.3 Å². The van der Waals surface area contributed by atoms with Gasteiger partial charge < -0.3 is 10.6 Å². The monoisotopic (exact) mass is 298 g/mol. The molecule has 1 amide bonds. The summed E-state index contributed by atoms with van der Waals surface area (Å²) in [4.78, 5) is 12.4. The zero-order valence-corrected chi connectivity index (χ0v) is 13.9. The maximum absolute atomic E-state index is 12.4. The van der Waals surface area contributed by atoms with Crippen LogP contribution in [0.4, 0.5) is 0 Å². The van der Waals surface area contributed by atoms with Gasteiger partial charge in [-0.2, -0.15) is 11.8 Å². The summed E-state index contributed by atoms with van der Waals surface area (Å²) in [5, 5.41) is 7.39. The van der Waals surface area contributed by atoms with Crippen LogP contribution in [0.25, 0.3) is 0 Å². The molecule has 2 aliphatic carbocycles. The van der Waals surface area contributed by atoms with Crippen molar-refractivity contribution in [3.05, 3.63) is 0 Å². The molecule has 3 nitrogen and oxygen atoms in total. The minimum Gasteiger partial charge on any atom is -0.352 e. The molecule has 0 aliphatic heterocycles. The second-order valence-electron chi connectivity index (χ2n) is 6.50. The molecule has 0 spiro atoms. The molecule has 0 radical (unpaired) electrons. The predicted octanol–water partition coefficient (Wildman–Crippen LogP) is 3.09. The Bertz CT molecular complexity index is 316. The fourth-order valence-corrected chi connectivity index (χ4v) is 4.79. The van der Waals surface area contributed by atoms with E-state index in [1.54, 1.807) is 0 Å². The Hall–Kier alpha value is -0.220. The zero-order valence-electron chi connectivity index (χ0n) is 13.0. The van der Waals surface area contributed by atoms with Gasteiger partial charge in [-0.3, -0.25) is 4.79 Å². The maximum Gasteiger partial charge on any atom is 0.222 e. The highest BCUT2D eigenvalue weighted by molar-refractivity contribution is 7.99. The summed E-state index contributed by atoms with van der Waals surface area (Å²) in [6.07, 6.45) is 13.9. The van der Waals surface area contributed by atoms with Crippen LogP contribution < -0.4 is 10.6 Å². The molecule has 2 aliphatic rings. The van der Waals surface area contributed by atoms with Crippen LogP contribution in [0.1, 0.15) is 64.2 Å². The predicted molar refractivity (Wildman–Crippen MR) is 87.2 cm³/mol.